The molecule has 4 N–H and O–H groups in total. The molecule has 4 heteroatoms. The molecule has 0 aromatic carbocycles. The molecule has 0 heterocycles. The quantitative estimate of drug-likeness (QED) is 0.651. The van der Waals surface area contributed by atoms with Gasteiger partial charge in [0.05, 0.1) is 5.54 Å². The highest BCUT2D eigenvalue weighted by molar-refractivity contribution is 5.83. The van der Waals surface area contributed by atoms with Crippen molar-refractivity contribution in [2.24, 2.45) is 17.4 Å². The van der Waals surface area contributed by atoms with Crippen molar-refractivity contribution in [3.8, 4) is 0 Å². The number of carbonyl (C=O) groups excluding carboxylic acids is 1. The Morgan fingerprint density at radius 1 is 1.44 bits per heavy atom. The zero-order valence-electron chi connectivity index (χ0n) is 11.1. The van der Waals surface area contributed by atoms with Gasteiger partial charge in [-0.25, -0.2) is 0 Å². The van der Waals surface area contributed by atoms with E-state index < -0.39 is 11.4 Å². The molecular weight excluding hydrogens is 202 g/mol. The molecule has 0 aliphatic heterocycles. The van der Waals surface area contributed by atoms with Gasteiger partial charge < -0.3 is 16.4 Å². The van der Waals surface area contributed by atoms with Crippen LogP contribution >= 0.6 is 0 Å². The molecule has 0 bridgehead atoms. The number of rotatable bonds is 8. The van der Waals surface area contributed by atoms with Gasteiger partial charge in [0.1, 0.15) is 0 Å². The summed E-state index contributed by atoms with van der Waals surface area (Å²) in [6.45, 7) is 11.4. The van der Waals surface area contributed by atoms with Gasteiger partial charge in [0.25, 0.3) is 0 Å². The van der Waals surface area contributed by atoms with Crippen molar-refractivity contribution in [3.05, 3.63) is 0 Å². The van der Waals surface area contributed by atoms with E-state index in [2.05, 4.69) is 25.7 Å². The number of nitrogens with zero attached hydrogens (tertiary/aromatic N) is 1. The highest BCUT2D eigenvalue weighted by atomic mass is 16.1. The number of hydrogen-bond donors (Lipinski definition) is 2. The van der Waals surface area contributed by atoms with Crippen molar-refractivity contribution in [1.29, 1.82) is 0 Å². The minimum Gasteiger partial charge on any atom is -0.368 e. The smallest absolute Gasteiger partial charge is 0.237 e. The highest BCUT2D eigenvalue weighted by Gasteiger charge is 2.24. The van der Waals surface area contributed by atoms with Crippen molar-refractivity contribution in [2.45, 2.75) is 46.1 Å². The first-order chi connectivity index (χ1) is 7.29. The van der Waals surface area contributed by atoms with Crippen LogP contribution in [0.4, 0.5) is 0 Å². The first-order valence-corrected chi connectivity index (χ1v) is 6.10. The molecule has 0 aliphatic rings. The van der Waals surface area contributed by atoms with Crippen LogP contribution in [0.2, 0.25) is 0 Å². The molecule has 0 aliphatic carbocycles. The molecule has 0 aromatic heterocycles. The average Bonchev–Trinajstić information content (AvgIpc) is 2.15. The summed E-state index contributed by atoms with van der Waals surface area (Å²) in [4.78, 5) is 13.4. The van der Waals surface area contributed by atoms with Crippen molar-refractivity contribution >= 4 is 5.91 Å². The van der Waals surface area contributed by atoms with Crippen LogP contribution in [0.15, 0.2) is 0 Å². The van der Waals surface area contributed by atoms with Gasteiger partial charge in [-0.3, -0.25) is 4.79 Å². The number of amides is 1. The summed E-state index contributed by atoms with van der Waals surface area (Å²) < 4.78 is 0. The normalized spacial score (nSPS) is 15.4. The van der Waals surface area contributed by atoms with Crippen LogP contribution < -0.4 is 11.5 Å². The predicted octanol–water partition coefficient (Wildman–Crippen LogP) is 0.947. The topological polar surface area (TPSA) is 72.3 Å². The number of carbonyl (C=O) groups is 1. The van der Waals surface area contributed by atoms with Crippen molar-refractivity contribution in [3.63, 3.8) is 0 Å². The lowest BCUT2D eigenvalue weighted by atomic mass is 9.96. The molecule has 0 radical (unpaired) electrons. The van der Waals surface area contributed by atoms with Crippen LogP contribution in [-0.2, 0) is 4.79 Å². The Labute approximate surface area is 99.4 Å². The standard InChI is InChI=1S/C12H27N3O/c1-5-15(9-10(2)3)8-6-7-12(4,14)11(13)16/h10H,5-9,14H2,1-4H3,(H2,13,16). The van der Waals surface area contributed by atoms with Crippen molar-refractivity contribution in [1.82, 2.24) is 4.90 Å². The van der Waals surface area contributed by atoms with Crippen LogP contribution in [0.1, 0.15) is 40.5 Å². The molecule has 96 valence electrons. The zero-order valence-corrected chi connectivity index (χ0v) is 11.1. The predicted molar refractivity (Wildman–Crippen MR) is 68.0 cm³/mol. The Bertz CT molecular complexity index is 214. The first kappa shape index (κ1) is 15.4. The Morgan fingerprint density at radius 2 is 2.00 bits per heavy atom. The largest absolute Gasteiger partial charge is 0.368 e. The second kappa shape index (κ2) is 6.86. The summed E-state index contributed by atoms with van der Waals surface area (Å²) in [5.74, 6) is 0.250. The van der Waals surface area contributed by atoms with E-state index in [9.17, 15) is 4.79 Å². The Hall–Kier alpha value is -0.610. The van der Waals surface area contributed by atoms with Gasteiger partial charge in [-0.1, -0.05) is 20.8 Å². The SMILES string of the molecule is CCN(CCCC(C)(N)C(N)=O)CC(C)C. The fourth-order valence-electron chi connectivity index (χ4n) is 1.69. The van der Waals surface area contributed by atoms with Gasteiger partial charge in [-0.15, -0.1) is 0 Å². The maximum Gasteiger partial charge on any atom is 0.237 e. The lowest BCUT2D eigenvalue weighted by Gasteiger charge is -2.25. The summed E-state index contributed by atoms with van der Waals surface area (Å²) >= 11 is 0. The van der Waals surface area contributed by atoms with E-state index in [0.717, 1.165) is 26.1 Å². The molecule has 1 atom stereocenters. The molecule has 0 rings (SSSR count). The van der Waals surface area contributed by atoms with Crippen LogP contribution in [0.5, 0.6) is 0 Å². The fourth-order valence-corrected chi connectivity index (χ4v) is 1.69. The Balaban J connectivity index is 3.91. The molecule has 0 fully saturated rings. The van der Waals surface area contributed by atoms with Gasteiger partial charge in [-0.2, -0.15) is 0 Å². The third kappa shape index (κ3) is 6.08. The van der Waals surface area contributed by atoms with E-state index in [-0.39, 0.29) is 0 Å². The summed E-state index contributed by atoms with van der Waals surface area (Å²) in [7, 11) is 0. The summed E-state index contributed by atoms with van der Waals surface area (Å²) in [6.07, 6.45) is 1.56. The molecule has 16 heavy (non-hydrogen) atoms. The third-order valence-electron chi connectivity index (χ3n) is 2.80. The minimum atomic E-state index is -0.864. The highest BCUT2D eigenvalue weighted by Crippen LogP contribution is 2.09. The van der Waals surface area contributed by atoms with E-state index in [4.69, 9.17) is 11.5 Å². The lowest BCUT2D eigenvalue weighted by Crippen LogP contribution is -2.49. The van der Waals surface area contributed by atoms with Gasteiger partial charge >= 0.3 is 0 Å². The second-order valence-electron chi connectivity index (χ2n) is 5.17. The molecule has 0 saturated carbocycles. The molecule has 1 amide bonds. The third-order valence-corrected chi connectivity index (χ3v) is 2.80. The van der Waals surface area contributed by atoms with Crippen LogP contribution in [0.3, 0.4) is 0 Å². The lowest BCUT2D eigenvalue weighted by molar-refractivity contribution is -0.122. The molecular formula is C12H27N3O. The summed E-state index contributed by atoms with van der Waals surface area (Å²) in [5.41, 5.74) is 10.2. The molecule has 4 nitrogen and oxygen atoms in total. The molecule has 0 saturated heterocycles. The average molecular weight is 229 g/mol. The summed E-state index contributed by atoms with van der Waals surface area (Å²) in [6, 6.07) is 0. The van der Waals surface area contributed by atoms with Gasteiger partial charge in [0, 0.05) is 6.54 Å². The van der Waals surface area contributed by atoms with E-state index in [0.29, 0.717) is 12.3 Å². The number of hydrogen-bond acceptors (Lipinski definition) is 3. The van der Waals surface area contributed by atoms with E-state index in [1.165, 1.54) is 0 Å². The van der Waals surface area contributed by atoms with Crippen LogP contribution in [0, 0.1) is 5.92 Å². The van der Waals surface area contributed by atoms with Gasteiger partial charge in [0.15, 0.2) is 0 Å². The monoisotopic (exact) mass is 229 g/mol. The van der Waals surface area contributed by atoms with E-state index >= 15 is 0 Å². The summed E-state index contributed by atoms with van der Waals surface area (Å²) in [5, 5.41) is 0. The van der Waals surface area contributed by atoms with E-state index in [1.54, 1.807) is 6.92 Å². The van der Waals surface area contributed by atoms with Crippen LogP contribution in [0.25, 0.3) is 0 Å². The number of primary amides is 1. The Kier molecular flexibility index (Phi) is 6.60. The zero-order chi connectivity index (χ0) is 12.8. The minimum absolute atomic E-state index is 0.417. The van der Waals surface area contributed by atoms with Gasteiger partial charge in [-0.05, 0) is 38.8 Å². The van der Waals surface area contributed by atoms with E-state index in [1.807, 2.05) is 0 Å². The molecule has 0 spiro atoms. The molecule has 0 aromatic rings. The fraction of sp³-hybridized carbons (Fsp3) is 0.917. The second-order valence-corrected chi connectivity index (χ2v) is 5.17. The van der Waals surface area contributed by atoms with Gasteiger partial charge in [0.2, 0.25) is 5.91 Å². The van der Waals surface area contributed by atoms with Crippen molar-refractivity contribution < 1.29 is 4.79 Å². The first-order valence-electron chi connectivity index (χ1n) is 6.10. The Morgan fingerprint density at radius 3 is 2.38 bits per heavy atom. The number of nitrogens with two attached hydrogens (primary N) is 2. The maximum atomic E-state index is 11.0. The van der Waals surface area contributed by atoms with Crippen LogP contribution in [-0.4, -0.2) is 36.0 Å². The van der Waals surface area contributed by atoms with Crippen molar-refractivity contribution in [2.75, 3.05) is 19.6 Å². The maximum absolute atomic E-state index is 11.0. The molecule has 1 unspecified atom stereocenters.